The first kappa shape index (κ1) is 22.6. The first-order valence-corrected chi connectivity index (χ1v) is 10.9. The zero-order valence-corrected chi connectivity index (χ0v) is 19.0. The fraction of sp³-hybridized carbons (Fsp3) is 0.348. The smallest absolute Gasteiger partial charge is 0.326 e. The van der Waals surface area contributed by atoms with E-state index < -0.39 is 0 Å². The van der Waals surface area contributed by atoms with Gasteiger partial charge in [-0.3, -0.25) is 9.59 Å². The zero-order chi connectivity index (χ0) is 22.4. The van der Waals surface area contributed by atoms with Crippen LogP contribution in [0.5, 0.6) is 11.5 Å². The van der Waals surface area contributed by atoms with E-state index in [1.807, 2.05) is 50.2 Å². The van der Waals surface area contributed by atoms with Crippen molar-refractivity contribution >= 4 is 33.4 Å². The molecule has 3 rings (SSSR count). The normalized spacial score (nSPS) is 11.5. The number of carbonyl (C=O) groups is 2. The fourth-order valence-electron chi connectivity index (χ4n) is 3.24. The molecule has 0 aliphatic heterocycles. The average molecular weight is 443 g/mol. The number of rotatable bonds is 8. The number of carbonyl (C=O) groups excluding carboxylic acids is 2. The van der Waals surface area contributed by atoms with Crippen molar-refractivity contribution in [1.82, 2.24) is 4.57 Å². The van der Waals surface area contributed by atoms with E-state index in [2.05, 4.69) is 4.99 Å². The molecule has 1 amide bonds. The number of nitrogens with zero attached hydrogens (tertiary/aromatic N) is 2. The number of aryl methyl sites for hydroxylation is 1. The van der Waals surface area contributed by atoms with Gasteiger partial charge in [0, 0.05) is 5.56 Å². The zero-order valence-electron chi connectivity index (χ0n) is 18.1. The lowest BCUT2D eigenvalue weighted by Crippen LogP contribution is -2.23. The molecular formula is C23H26N2O5S. The molecule has 0 atom stereocenters. The molecule has 0 aliphatic carbocycles. The standard InChI is InChI=1S/C23H26N2O5S/c1-5-29-17-8-9-18-20(13-17)31-23(25(18)14-22(27)30-6-2)24-21(26)12-16-11-15(3)7-10-19(16)28-4/h7-11,13H,5-6,12,14H2,1-4H3. The van der Waals surface area contributed by atoms with Gasteiger partial charge in [0.15, 0.2) is 4.80 Å². The minimum atomic E-state index is -0.384. The van der Waals surface area contributed by atoms with Gasteiger partial charge in [-0.15, -0.1) is 0 Å². The SMILES string of the molecule is CCOC(=O)Cn1c(=NC(=O)Cc2cc(C)ccc2OC)sc2cc(OCC)ccc21. The molecule has 0 fully saturated rings. The van der Waals surface area contributed by atoms with Crippen LogP contribution in [0.4, 0.5) is 0 Å². The summed E-state index contributed by atoms with van der Waals surface area (Å²) in [5.74, 6) is 0.664. The number of methoxy groups -OCH3 is 1. The Morgan fingerprint density at radius 1 is 1.10 bits per heavy atom. The molecule has 164 valence electrons. The van der Waals surface area contributed by atoms with Crippen LogP contribution in [0.3, 0.4) is 0 Å². The third kappa shape index (κ3) is 5.52. The monoisotopic (exact) mass is 442 g/mol. The van der Waals surface area contributed by atoms with Crippen LogP contribution < -0.4 is 14.3 Å². The maximum atomic E-state index is 12.8. The summed E-state index contributed by atoms with van der Waals surface area (Å²) in [6.07, 6.45) is 0.0999. The van der Waals surface area contributed by atoms with Crippen LogP contribution in [0.25, 0.3) is 10.2 Å². The second-order valence-corrected chi connectivity index (χ2v) is 7.85. The Hall–Kier alpha value is -3.13. The number of aromatic nitrogens is 1. The summed E-state index contributed by atoms with van der Waals surface area (Å²) < 4.78 is 18.6. The Labute approximate surface area is 184 Å². The Balaban J connectivity index is 2.02. The van der Waals surface area contributed by atoms with Gasteiger partial charge in [0.25, 0.3) is 5.91 Å². The number of hydrogen-bond acceptors (Lipinski definition) is 6. The lowest BCUT2D eigenvalue weighted by atomic mass is 10.1. The van der Waals surface area contributed by atoms with Crippen LogP contribution in [-0.2, 0) is 27.3 Å². The Morgan fingerprint density at radius 3 is 2.61 bits per heavy atom. The molecule has 1 aromatic heterocycles. The third-order valence-corrected chi connectivity index (χ3v) is 5.60. The van der Waals surface area contributed by atoms with Crippen molar-refractivity contribution in [2.24, 2.45) is 4.99 Å². The number of thiazole rings is 1. The molecule has 0 saturated carbocycles. The maximum Gasteiger partial charge on any atom is 0.326 e. The highest BCUT2D eigenvalue weighted by Gasteiger charge is 2.14. The van der Waals surface area contributed by atoms with Gasteiger partial charge in [0.2, 0.25) is 0 Å². The number of benzene rings is 2. The molecule has 0 bridgehead atoms. The van der Waals surface area contributed by atoms with E-state index in [1.165, 1.54) is 11.3 Å². The van der Waals surface area contributed by atoms with E-state index in [9.17, 15) is 9.59 Å². The molecule has 0 radical (unpaired) electrons. The summed E-state index contributed by atoms with van der Waals surface area (Å²) in [7, 11) is 1.57. The Morgan fingerprint density at radius 2 is 1.90 bits per heavy atom. The van der Waals surface area contributed by atoms with Crippen molar-refractivity contribution in [3.8, 4) is 11.5 Å². The van der Waals surface area contributed by atoms with E-state index in [1.54, 1.807) is 18.6 Å². The van der Waals surface area contributed by atoms with Crippen molar-refractivity contribution < 1.29 is 23.8 Å². The molecule has 8 heteroatoms. The Kier molecular flexibility index (Phi) is 7.46. The van der Waals surface area contributed by atoms with Gasteiger partial charge in [0.05, 0.1) is 37.0 Å². The lowest BCUT2D eigenvalue weighted by Gasteiger charge is -2.08. The number of fused-ring (bicyclic) bond motifs is 1. The minimum Gasteiger partial charge on any atom is -0.496 e. The van der Waals surface area contributed by atoms with Crippen LogP contribution in [0, 0.1) is 6.92 Å². The number of hydrogen-bond donors (Lipinski definition) is 0. The number of amides is 1. The van der Waals surface area contributed by atoms with Gasteiger partial charge in [-0.25, -0.2) is 0 Å². The van der Waals surface area contributed by atoms with Crippen molar-refractivity contribution in [3.63, 3.8) is 0 Å². The lowest BCUT2D eigenvalue weighted by molar-refractivity contribution is -0.143. The molecule has 31 heavy (non-hydrogen) atoms. The maximum absolute atomic E-state index is 12.8. The van der Waals surface area contributed by atoms with Crippen LogP contribution in [-0.4, -0.2) is 36.8 Å². The summed E-state index contributed by atoms with van der Waals surface area (Å²) in [5, 5.41) is 0. The van der Waals surface area contributed by atoms with E-state index in [4.69, 9.17) is 14.2 Å². The van der Waals surface area contributed by atoms with Crippen molar-refractivity contribution in [2.75, 3.05) is 20.3 Å². The molecule has 0 aliphatic rings. The summed E-state index contributed by atoms with van der Waals surface area (Å²) >= 11 is 1.33. The molecular weight excluding hydrogens is 416 g/mol. The quantitative estimate of drug-likeness (QED) is 0.498. The molecule has 0 N–H and O–H groups in total. The molecule has 0 unspecified atom stereocenters. The minimum absolute atomic E-state index is 0.0261. The summed E-state index contributed by atoms with van der Waals surface area (Å²) in [4.78, 5) is 29.7. The summed E-state index contributed by atoms with van der Waals surface area (Å²) in [6.45, 7) is 6.44. The summed E-state index contributed by atoms with van der Waals surface area (Å²) in [5.41, 5.74) is 2.60. The highest BCUT2D eigenvalue weighted by molar-refractivity contribution is 7.16. The molecule has 2 aromatic carbocycles. The van der Waals surface area contributed by atoms with Crippen molar-refractivity contribution in [2.45, 2.75) is 33.7 Å². The highest BCUT2D eigenvalue weighted by atomic mass is 32.1. The molecule has 1 heterocycles. The van der Waals surface area contributed by atoms with E-state index >= 15 is 0 Å². The average Bonchev–Trinajstić information content (AvgIpc) is 3.04. The second kappa shape index (κ2) is 10.3. The van der Waals surface area contributed by atoms with Gasteiger partial charge < -0.3 is 18.8 Å². The fourth-order valence-corrected chi connectivity index (χ4v) is 4.31. The second-order valence-electron chi connectivity index (χ2n) is 6.84. The predicted molar refractivity (Wildman–Crippen MR) is 120 cm³/mol. The van der Waals surface area contributed by atoms with Gasteiger partial charge in [0.1, 0.15) is 18.0 Å². The summed E-state index contributed by atoms with van der Waals surface area (Å²) in [6, 6.07) is 11.3. The number of esters is 1. The molecule has 0 spiro atoms. The highest BCUT2D eigenvalue weighted by Crippen LogP contribution is 2.24. The van der Waals surface area contributed by atoms with Crippen molar-refractivity contribution in [1.29, 1.82) is 0 Å². The van der Waals surface area contributed by atoms with E-state index in [0.29, 0.717) is 17.2 Å². The number of ether oxygens (including phenoxy) is 3. The largest absolute Gasteiger partial charge is 0.496 e. The van der Waals surface area contributed by atoms with Crippen LogP contribution >= 0.6 is 11.3 Å². The molecule has 7 nitrogen and oxygen atoms in total. The topological polar surface area (TPSA) is 79.1 Å². The van der Waals surface area contributed by atoms with E-state index in [-0.39, 0.29) is 31.4 Å². The van der Waals surface area contributed by atoms with Crippen LogP contribution in [0.15, 0.2) is 41.4 Å². The van der Waals surface area contributed by atoms with Crippen LogP contribution in [0.2, 0.25) is 0 Å². The van der Waals surface area contributed by atoms with Gasteiger partial charge in [-0.1, -0.05) is 29.0 Å². The molecule has 0 saturated heterocycles. The van der Waals surface area contributed by atoms with Gasteiger partial charge in [-0.05, 0) is 45.0 Å². The van der Waals surface area contributed by atoms with Gasteiger partial charge >= 0.3 is 5.97 Å². The van der Waals surface area contributed by atoms with Crippen molar-refractivity contribution in [3.05, 3.63) is 52.3 Å². The van der Waals surface area contributed by atoms with E-state index in [0.717, 1.165) is 27.1 Å². The first-order chi connectivity index (χ1) is 14.9. The first-order valence-electron chi connectivity index (χ1n) is 10.1. The third-order valence-electron chi connectivity index (χ3n) is 4.56. The Bertz CT molecular complexity index is 1160. The van der Waals surface area contributed by atoms with Crippen LogP contribution in [0.1, 0.15) is 25.0 Å². The molecule has 3 aromatic rings. The predicted octanol–water partition coefficient (Wildman–Crippen LogP) is 3.65. The van der Waals surface area contributed by atoms with Gasteiger partial charge in [-0.2, -0.15) is 4.99 Å².